The Hall–Kier alpha value is -2.55. The molecule has 0 radical (unpaired) electrons. The fourth-order valence-corrected chi connectivity index (χ4v) is 4.06. The van der Waals surface area contributed by atoms with Crippen molar-refractivity contribution in [1.82, 2.24) is 15.1 Å². The molecule has 1 fully saturated rings. The minimum Gasteiger partial charge on any atom is -0.484 e. The van der Waals surface area contributed by atoms with E-state index in [4.69, 9.17) is 25.5 Å². The van der Waals surface area contributed by atoms with Crippen LogP contribution in [0.5, 0.6) is 5.75 Å². The van der Waals surface area contributed by atoms with Crippen molar-refractivity contribution in [3.8, 4) is 5.75 Å². The maximum absolute atomic E-state index is 13.2. The van der Waals surface area contributed by atoms with E-state index in [2.05, 4.69) is 10.2 Å². The van der Waals surface area contributed by atoms with Crippen molar-refractivity contribution in [3.05, 3.63) is 71.1 Å². The summed E-state index contributed by atoms with van der Waals surface area (Å²) in [6.07, 6.45) is 0. The lowest BCUT2D eigenvalue weighted by molar-refractivity contribution is -0.134. The average molecular weight is 446 g/mol. The predicted molar refractivity (Wildman–Crippen MR) is 113 cm³/mol. The lowest BCUT2D eigenvalue weighted by Crippen LogP contribution is -2.42. The van der Waals surface area contributed by atoms with Gasteiger partial charge in [-0.25, -0.2) is 0 Å². The molecular formula is C21H20ClN3O4S. The maximum Gasteiger partial charge on any atom is 0.277 e. The molecule has 2 aromatic carbocycles. The van der Waals surface area contributed by atoms with Crippen LogP contribution in [0, 0.1) is 0 Å². The van der Waals surface area contributed by atoms with E-state index in [1.807, 2.05) is 35.2 Å². The van der Waals surface area contributed by atoms with Crippen molar-refractivity contribution in [1.29, 1.82) is 0 Å². The highest BCUT2D eigenvalue weighted by Gasteiger charge is 2.30. The molecule has 1 saturated heterocycles. The van der Waals surface area contributed by atoms with Gasteiger partial charge in [-0.3, -0.25) is 4.79 Å². The van der Waals surface area contributed by atoms with Gasteiger partial charge in [0.15, 0.2) is 6.61 Å². The smallest absolute Gasteiger partial charge is 0.277 e. The molecule has 0 N–H and O–H groups in total. The van der Waals surface area contributed by atoms with Crippen LogP contribution in [0.1, 0.15) is 16.7 Å². The summed E-state index contributed by atoms with van der Waals surface area (Å²) >= 11 is 7.12. The molecule has 30 heavy (non-hydrogen) atoms. The second kappa shape index (κ2) is 9.97. The largest absolute Gasteiger partial charge is 0.484 e. The average Bonchev–Trinajstić information content (AvgIpc) is 3.25. The number of benzene rings is 2. The van der Waals surface area contributed by atoms with Crippen LogP contribution >= 0.6 is 23.4 Å². The van der Waals surface area contributed by atoms with Gasteiger partial charge in [0.1, 0.15) is 11.0 Å². The number of hydrogen-bond donors (Lipinski definition) is 0. The van der Waals surface area contributed by atoms with E-state index in [0.717, 1.165) is 5.56 Å². The maximum atomic E-state index is 13.2. The zero-order valence-electron chi connectivity index (χ0n) is 16.1. The van der Waals surface area contributed by atoms with Crippen molar-refractivity contribution in [2.75, 3.05) is 26.3 Å². The Labute approximate surface area is 183 Å². The third-order valence-electron chi connectivity index (χ3n) is 4.49. The van der Waals surface area contributed by atoms with Gasteiger partial charge in [-0.1, -0.05) is 41.9 Å². The molecule has 1 aliphatic heterocycles. The van der Waals surface area contributed by atoms with Crippen molar-refractivity contribution in [2.45, 2.75) is 17.1 Å². The van der Waals surface area contributed by atoms with Gasteiger partial charge in [0, 0.05) is 18.1 Å². The Bertz CT molecular complexity index is 962. The van der Waals surface area contributed by atoms with Gasteiger partial charge in [-0.15, -0.1) is 10.2 Å². The van der Waals surface area contributed by atoms with Crippen molar-refractivity contribution < 1.29 is 18.7 Å². The number of nitrogens with zero attached hydrogens (tertiary/aromatic N) is 3. The first-order valence-electron chi connectivity index (χ1n) is 9.48. The van der Waals surface area contributed by atoms with Crippen molar-refractivity contribution in [2.24, 2.45) is 0 Å². The zero-order valence-corrected chi connectivity index (χ0v) is 17.6. The number of carbonyl (C=O) groups excluding carboxylic acids is 1. The highest BCUT2D eigenvalue weighted by molar-refractivity contribution is 8.00. The summed E-state index contributed by atoms with van der Waals surface area (Å²) < 4.78 is 16.7. The molecule has 3 aromatic rings. The number of amides is 1. The van der Waals surface area contributed by atoms with Gasteiger partial charge in [-0.2, -0.15) is 0 Å². The van der Waals surface area contributed by atoms with Gasteiger partial charge in [0.05, 0.1) is 13.2 Å². The number of carbonyl (C=O) groups is 1. The number of ether oxygens (including phenoxy) is 2. The van der Waals surface area contributed by atoms with Gasteiger partial charge in [0.2, 0.25) is 5.91 Å². The molecule has 1 amide bonds. The number of aromatic nitrogens is 2. The monoisotopic (exact) mass is 445 g/mol. The van der Waals surface area contributed by atoms with Gasteiger partial charge < -0.3 is 18.8 Å². The summed E-state index contributed by atoms with van der Waals surface area (Å²) in [4.78, 5) is 15.0. The summed E-state index contributed by atoms with van der Waals surface area (Å²) in [5, 5.41) is 8.60. The Morgan fingerprint density at radius 1 is 1.10 bits per heavy atom. The standard InChI is InChI=1S/C21H20ClN3O4S/c22-16-6-8-17(9-7-16)28-14-18-23-24-21(29-18)30-19(15-4-2-1-3-5-15)20(26)25-10-12-27-13-11-25/h1-9,19H,10-14H2. The molecule has 156 valence electrons. The Morgan fingerprint density at radius 3 is 2.57 bits per heavy atom. The quantitative estimate of drug-likeness (QED) is 0.509. The normalized spacial score (nSPS) is 15.0. The summed E-state index contributed by atoms with van der Waals surface area (Å²) in [5.74, 6) is 0.987. The SMILES string of the molecule is O=C(C(Sc1nnc(COc2ccc(Cl)cc2)o1)c1ccccc1)N1CCOCC1. The van der Waals surface area contributed by atoms with Crippen LogP contribution in [-0.2, 0) is 16.1 Å². The van der Waals surface area contributed by atoms with Gasteiger partial charge in [-0.05, 0) is 41.6 Å². The lowest BCUT2D eigenvalue weighted by Gasteiger charge is -2.29. The van der Waals surface area contributed by atoms with Crippen LogP contribution in [0.4, 0.5) is 0 Å². The molecular weight excluding hydrogens is 426 g/mol. The van der Waals surface area contributed by atoms with Crippen molar-refractivity contribution >= 4 is 29.3 Å². The fourth-order valence-electron chi connectivity index (χ4n) is 2.96. The third kappa shape index (κ3) is 5.33. The molecule has 2 heterocycles. The molecule has 1 unspecified atom stereocenters. The molecule has 0 spiro atoms. The minimum absolute atomic E-state index is 0.00617. The van der Waals surface area contributed by atoms with E-state index < -0.39 is 5.25 Å². The Kier molecular flexibility index (Phi) is 6.88. The fraction of sp³-hybridized carbons (Fsp3) is 0.286. The van der Waals surface area contributed by atoms with E-state index in [-0.39, 0.29) is 12.5 Å². The summed E-state index contributed by atoms with van der Waals surface area (Å²) in [6.45, 7) is 2.37. The van der Waals surface area contributed by atoms with Crippen LogP contribution in [0.15, 0.2) is 64.2 Å². The molecule has 1 aliphatic rings. The number of rotatable bonds is 7. The zero-order chi connectivity index (χ0) is 20.8. The van der Waals surface area contributed by atoms with Crippen LogP contribution in [0.25, 0.3) is 0 Å². The molecule has 0 bridgehead atoms. The summed E-state index contributed by atoms with van der Waals surface area (Å²) in [6, 6.07) is 16.6. The van der Waals surface area contributed by atoms with E-state index in [1.54, 1.807) is 24.3 Å². The van der Waals surface area contributed by atoms with E-state index in [9.17, 15) is 4.79 Å². The molecule has 7 nitrogen and oxygen atoms in total. The van der Waals surface area contributed by atoms with E-state index in [0.29, 0.717) is 48.2 Å². The molecule has 4 rings (SSSR count). The number of hydrogen-bond acceptors (Lipinski definition) is 7. The molecule has 0 aliphatic carbocycles. The second-order valence-electron chi connectivity index (χ2n) is 6.55. The summed E-state index contributed by atoms with van der Waals surface area (Å²) in [7, 11) is 0. The first kappa shape index (κ1) is 20.7. The van der Waals surface area contributed by atoms with E-state index in [1.165, 1.54) is 11.8 Å². The molecule has 9 heteroatoms. The van der Waals surface area contributed by atoms with Crippen LogP contribution < -0.4 is 4.74 Å². The summed E-state index contributed by atoms with van der Waals surface area (Å²) in [5.41, 5.74) is 0.885. The lowest BCUT2D eigenvalue weighted by atomic mass is 10.1. The second-order valence-corrected chi connectivity index (χ2v) is 8.04. The Morgan fingerprint density at radius 2 is 1.83 bits per heavy atom. The molecule has 1 atom stereocenters. The number of halogens is 1. The van der Waals surface area contributed by atoms with E-state index >= 15 is 0 Å². The van der Waals surface area contributed by atoms with Gasteiger partial charge >= 0.3 is 0 Å². The van der Waals surface area contributed by atoms with Crippen molar-refractivity contribution in [3.63, 3.8) is 0 Å². The highest BCUT2D eigenvalue weighted by Crippen LogP contribution is 2.36. The highest BCUT2D eigenvalue weighted by atomic mass is 35.5. The predicted octanol–water partition coefficient (Wildman–Crippen LogP) is 3.99. The first-order chi connectivity index (χ1) is 14.7. The van der Waals surface area contributed by atoms with Crippen LogP contribution in [-0.4, -0.2) is 47.3 Å². The molecule has 0 saturated carbocycles. The number of thioether (sulfide) groups is 1. The minimum atomic E-state index is -0.477. The van der Waals surface area contributed by atoms with Crippen LogP contribution in [0.2, 0.25) is 5.02 Å². The molecule has 1 aromatic heterocycles. The topological polar surface area (TPSA) is 77.7 Å². The first-order valence-corrected chi connectivity index (χ1v) is 10.7. The Balaban J connectivity index is 1.45. The number of morpholine rings is 1. The third-order valence-corrected chi connectivity index (χ3v) is 5.82. The van der Waals surface area contributed by atoms with Gasteiger partial charge in [0.25, 0.3) is 11.1 Å². The van der Waals surface area contributed by atoms with Crippen LogP contribution in [0.3, 0.4) is 0 Å².